The molecule has 0 bridgehead atoms. The lowest BCUT2D eigenvalue weighted by Gasteiger charge is -2.31. The summed E-state index contributed by atoms with van der Waals surface area (Å²) in [5.41, 5.74) is 2.49. The van der Waals surface area contributed by atoms with Crippen molar-refractivity contribution in [3.63, 3.8) is 0 Å². The van der Waals surface area contributed by atoms with E-state index in [9.17, 15) is 4.79 Å². The second kappa shape index (κ2) is 11.7. The first kappa shape index (κ1) is 22.2. The lowest BCUT2D eigenvalue weighted by Crippen LogP contribution is -2.40. The van der Waals surface area contributed by atoms with Crippen LogP contribution in [0.1, 0.15) is 57.3 Å². The van der Waals surface area contributed by atoms with Crippen LogP contribution in [-0.4, -0.2) is 44.1 Å². The SMILES string of the molecule is CCNC(=NCC1CCCOC1c1ccc(C)cc1)NCCC(=O)NC(C)C. The van der Waals surface area contributed by atoms with Crippen molar-refractivity contribution in [3.05, 3.63) is 35.4 Å². The normalized spacial score (nSPS) is 20.1. The summed E-state index contributed by atoms with van der Waals surface area (Å²) in [4.78, 5) is 16.6. The molecule has 1 aliphatic heterocycles. The number of amides is 1. The van der Waals surface area contributed by atoms with Crippen LogP contribution in [-0.2, 0) is 9.53 Å². The number of rotatable bonds is 8. The van der Waals surface area contributed by atoms with E-state index in [-0.39, 0.29) is 18.1 Å². The maximum absolute atomic E-state index is 11.8. The van der Waals surface area contributed by atoms with Crippen LogP contribution in [0.2, 0.25) is 0 Å². The molecule has 6 nitrogen and oxygen atoms in total. The van der Waals surface area contributed by atoms with Crippen LogP contribution in [0.3, 0.4) is 0 Å². The third kappa shape index (κ3) is 7.50. The number of nitrogens with one attached hydrogen (secondary N) is 3. The van der Waals surface area contributed by atoms with E-state index in [0.29, 0.717) is 25.4 Å². The lowest BCUT2D eigenvalue weighted by atomic mass is 9.89. The highest BCUT2D eigenvalue weighted by Crippen LogP contribution is 2.33. The monoisotopic (exact) mass is 388 g/mol. The van der Waals surface area contributed by atoms with E-state index >= 15 is 0 Å². The molecule has 6 heteroatoms. The molecule has 0 aliphatic carbocycles. The molecule has 1 amide bonds. The minimum atomic E-state index is 0.0541. The summed E-state index contributed by atoms with van der Waals surface area (Å²) in [5.74, 6) is 1.17. The molecule has 2 rings (SSSR count). The van der Waals surface area contributed by atoms with Crippen molar-refractivity contribution in [3.8, 4) is 0 Å². The van der Waals surface area contributed by atoms with Gasteiger partial charge in [0.1, 0.15) is 0 Å². The molecule has 1 heterocycles. The van der Waals surface area contributed by atoms with Gasteiger partial charge in [-0.1, -0.05) is 29.8 Å². The van der Waals surface area contributed by atoms with Gasteiger partial charge in [0.05, 0.1) is 6.10 Å². The zero-order chi connectivity index (χ0) is 20.4. The van der Waals surface area contributed by atoms with Crippen LogP contribution in [0.25, 0.3) is 0 Å². The number of aryl methyl sites for hydroxylation is 1. The molecule has 0 aromatic heterocycles. The van der Waals surface area contributed by atoms with Crippen molar-refractivity contribution in [1.29, 1.82) is 0 Å². The third-order valence-electron chi connectivity index (χ3n) is 4.77. The highest BCUT2D eigenvalue weighted by atomic mass is 16.5. The van der Waals surface area contributed by atoms with Gasteiger partial charge in [-0.15, -0.1) is 0 Å². The lowest BCUT2D eigenvalue weighted by molar-refractivity contribution is -0.121. The molecule has 1 aromatic rings. The summed E-state index contributed by atoms with van der Waals surface area (Å²) in [5, 5.41) is 9.43. The first-order valence-electron chi connectivity index (χ1n) is 10.5. The van der Waals surface area contributed by atoms with E-state index in [0.717, 1.165) is 32.0 Å². The van der Waals surface area contributed by atoms with Crippen molar-refractivity contribution < 1.29 is 9.53 Å². The Kier molecular flexibility index (Phi) is 9.28. The Morgan fingerprint density at radius 3 is 2.68 bits per heavy atom. The van der Waals surface area contributed by atoms with Crippen LogP contribution < -0.4 is 16.0 Å². The number of hydrogen-bond acceptors (Lipinski definition) is 3. The summed E-state index contributed by atoms with van der Waals surface area (Å²) >= 11 is 0. The number of nitrogens with zero attached hydrogens (tertiary/aromatic N) is 1. The first-order valence-corrected chi connectivity index (χ1v) is 10.5. The fourth-order valence-corrected chi connectivity index (χ4v) is 3.39. The maximum atomic E-state index is 11.8. The Hall–Kier alpha value is -2.08. The predicted molar refractivity (Wildman–Crippen MR) is 114 cm³/mol. The van der Waals surface area contributed by atoms with Crippen molar-refractivity contribution in [1.82, 2.24) is 16.0 Å². The van der Waals surface area contributed by atoms with Gasteiger partial charge in [0.15, 0.2) is 5.96 Å². The third-order valence-corrected chi connectivity index (χ3v) is 4.77. The fourth-order valence-electron chi connectivity index (χ4n) is 3.39. The number of aliphatic imine (C=N–C) groups is 1. The molecule has 0 saturated carbocycles. The first-order chi connectivity index (χ1) is 13.5. The van der Waals surface area contributed by atoms with Crippen LogP contribution in [0, 0.1) is 12.8 Å². The Bertz CT molecular complexity index is 628. The molecule has 3 N–H and O–H groups in total. The second-order valence-electron chi connectivity index (χ2n) is 7.72. The summed E-state index contributed by atoms with van der Waals surface area (Å²) in [6.45, 7) is 10.9. The van der Waals surface area contributed by atoms with E-state index in [4.69, 9.17) is 9.73 Å². The summed E-state index contributed by atoms with van der Waals surface area (Å²) < 4.78 is 6.10. The summed E-state index contributed by atoms with van der Waals surface area (Å²) in [6.07, 6.45) is 2.71. The van der Waals surface area contributed by atoms with Gasteiger partial charge in [-0.3, -0.25) is 9.79 Å². The molecule has 0 spiro atoms. The number of ether oxygens (including phenoxy) is 1. The topological polar surface area (TPSA) is 74.8 Å². The van der Waals surface area contributed by atoms with Gasteiger partial charge >= 0.3 is 0 Å². The number of carbonyl (C=O) groups is 1. The van der Waals surface area contributed by atoms with Crippen LogP contribution >= 0.6 is 0 Å². The summed E-state index contributed by atoms with van der Waals surface area (Å²) in [7, 11) is 0. The second-order valence-corrected chi connectivity index (χ2v) is 7.72. The standard InChI is InChI=1S/C22H36N4O2/c1-5-23-22(24-13-12-20(27)26-16(2)3)25-15-19-7-6-14-28-21(19)18-10-8-17(4)9-11-18/h8-11,16,19,21H,5-7,12-15H2,1-4H3,(H,26,27)(H2,23,24,25). The number of benzene rings is 1. The molecule has 1 aliphatic rings. The zero-order valence-corrected chi connectivity index (χ0v) is 17.8. The Labute approximate surface area is 169 Å². The highest BCUT2D eigenvalue weighted by Gasteiger charge is 2.27. The van der Waals surface area contributed by atoms with Crippen LogP contribution in [0.4, 0.5) is 0 Å². The fraction of sp³-hybridized carbons (Fsp3) is 0.636. The van der Waals surface area contributed by atoms with E-state index in [2.05, 4.69) is 47.1 Å². The zero-order valence-electron chi connectivity index (χ0n) is 17.8. The Morgan fingerprint density at radius 1 is 1.25 bits per heavy atom. The van der Waals surface area contributed by atoms with E-state index < -0.39 is 0 Å². The molecule has 2 atom stereocenters. The molecule has 1 saturated heterocycles. The maximum Gasteiger partial charge on any atom is 0.221 e. The minimum absolute atomic E-state index is 0.0541. The van der Waals surface area contributed by atoms with Gasteiger partial charge in [0, 0.05) is 44.6 Å². The molecule has 1 fully saturated rings. The Morgan fingerprint density at radius 2 is 2.00 bits per heavy atom. The molecule has 2 unspecified atom stereocenters. The van der Waals surface area contributed by atoms with Gasteiger partial charge in [0.2, 0.25) is 5.91 Å². The van der Waals surface area contributed by atoms with Crippen LogP contribution in [0.15, 0.2) is 29.3 Å². The molecular weight excluding hydrogens is 352 g/mol. The van der Waals surface area contributed by atoms with Gasteiger partial charge in [-0.05, 0) is 46.1 Å². The van der Waals surface area contributed by atoms with Crippen LogP contribution in [0.5, 0.6) is 0 Å². The van der Waals surface area contributed by atoms with E-state index in [1.165, 1.54) is 11.1 Å². The van der Waals surface area contributed by atoms with Gasteiger partial charge in [0.25, 0.3) is 0 Å². The van der Waals surface area contributed by atoms with Gasteiger partial charge in [-0.25, -0.2) is 0 Å². The smallest absolute Gasteiger partial charge is 0.221 e. The van der Waals surface area contributed by atoms with Crippen molar-refractivity contribution in [2.45, 2.75) is 59.1 Å². The number of guanidine groups is 1. The van der Waals surface area contributed by atoms with Crippen molar-refractivity contribution in [2.24, 2.45) is 10.9 Å². The summed E-state index contributed by atoms with van der Waals surface area (Å²) in [6, 6.07) is 8.78. The predicted octanol–water partition coefficient (Wildman–Crippen LogP) is 2.93. The van der Waals surface area contributed by atoms with Crippen molar-refractivity contribution >= 4 is 11.9 Å². The molecule has 1 aromatic carbocycles. The Balaban J connectivity index is 1.93. The van der Waals surface area contributed by atoms with E-state index in [1.807, 2.05) is 20.8 Å². The number of hydrogen-bond donors (Lipinski definition) is 3. The molecular formula is C22H36N4O2. The largest absolute Gasteiger partial charge is 0.373 e. The average molecular weight is 389 g/mol. The van der Waals surface area contributed by atoms with Gasteiger partial charge in [-0.2, -0.15) is 0 Å². The molecule has 28 heavy (non-hydrogen) atoms. The molecule has 0 radical (unpaired) electrons. The molecule has 156 valence electrons. The van der Waals surface area contributed by atoms with Gasteiger partial charge < -0.3 is 20.7 Å². The van der Waals surface area contributed by atoms with Crippen molar-refractivity contribution in [2.75, 3.05) is 26.2 Å². The average Bonchev–Trinajstić information content (AvgIpc) is 2.66. The number of carbonyl (C=O) groups excluding carboxylic acids is 1. The highest BCUT2D eigenvalue weighted by molar-refractivity contribution is 5.81. The van der Waals surface area contributed by atoms with E-state index in [1.54, 1.807) is 0 Å². The minimum Gasteiger partial charge on any atom is -0.373 e. The quantitative estimate of drug-likeness (QED) is 0.473.